The van der Waals surface area contributed by atoms with Crippen LogP contribution in [-0.2, 0) is 33.3 Å². The van der Waals surface area contributed by atoms with E-state index in [2.05, 4.69) is 18.0 Å². The van der Waals surface area contributed by atoms with E-state index in [4.69, 9.17) is 8.37 Å². The van der Waals surface area contributed by atoms with Crippen molar-refractivity contribution in [2.45, 2.75) is 129 Å². The van der Waals surface area contributed by atoms with Crippen LogP contribution in [0.3, 0.4) is 0 Å². The Bertz CT molecular complexity index is 1670. The van der Waals surface area contributed by atoms with E-state index < -0.39 is 61.0 Å². The number of rotatable bonds is 15. The first kappa shape index (κ1) is 44.9. The molecule has 0 amide bonds. The molecule has 0 spiro atoms. The van der Waals surface area contributed by atoms with Gasteiger partial charge in [-0.2, -0.15) is 8.42 Å². The topological polar surface area (TPSA) is 223 Å². The molecule has 17 heteroatoms. The van der Waals surface area contributed by atoms with Crippen molar-refractivity contribution < 1.29 is 83.7 Å². The number of aliphatic hydroxyl groups is 3. The molecule has 1 unspecified atom stereocenters. The van der Waals surface area contributed by atoms with Crippen molar-refractivity contribution in [3.8, 4) is 0 Å². The van der Waals surface area contributed by atoms with Gasteiger partial charge >= 0.3 is 40.0 Å². The Morgan fingerprint density at radius 2 is 1.60 bits per heavy atom. The minimum atomic E-state index is -5.08. The van der Waals surface area contributed by atoms with Crippen LogP contribution in [0, 0.1) is 56.5 Å². The van der Waals surface area contributed by atoms with Gasteiger partial charge in [0.05, 0.1) is 24.2 Å². The Morgan fingerprint density at radius 1 is 0.943 bits per heavy atom. The molecule has 3 N–H and O–H groups in total. The van der Waals surface area contributed by atoms with E-state index in [0.717, 1.165) is 44.9 Å². The van der Waals surface area contributed by atoms with Crippen LogP contribution in [0.15, 0.2) is 24.3 Å². The van der Waals surface area contributed by atoms with Crippen LogP contribution >= 0.6 is 0 Å². The number of nitrogens with zero attached hydrogens (tertiary/aromatic N) is 1. The van der Waals surface area contributed by atoms with Gasteiger partial charge in [0.15, 0.2) is 0 Å². The molecule has 1 aromatic rings. The Kier molecular flexibility index (Phi) is 14.4. The van der Waals surface area contributed by atoms with Crippen molar-refractivity contribution in [2.24, 2.45) is 46.3 Å². The third-order valence-electron chi connectivity index (χ3n) is 13.9. The minimum absolute atomic E-state index is 0. The maximum Gasteiger partial charge on any atom is 1.00 e. The number of nitro groups is 1. The first-order chi connectivity index (χ1) is 24.1. The van der Waals surface area contributed by atoms with Gasteiger partial charge in [0.1, 0.15) is 17.8 Å². The molecule has 1 aromatic carbocycles. The monoisotopic (exact) mass is 797 g/mol. The third kappa shape index (κ3) is 9.19. The number of aliphatic hydroxyl groups excluding tert-OH is 2. The van der Waals surface area contributed by atoms with Gasteiger partial charge < -0.3 is 19.9 Å². The zero-order valence-electron chi connectivity index (χ0n) is 31.8. The smallest absolute Gasteiger partial charge is 0.726 e. The van der Waals surface area contributed by atoms with E-state index in [1.165, 1.54) is 6.07 Å². The van der Waals surface area contributed by atoms with Crippen LogP contribution in [0.2, 0.25) is 0 Å². The molecule has 0 radical (unpaired) electrons. The number of para-hydroxylation sites is 1. The summed E-state index contributed by atoms with van der Waals surface area (Å²) in [5.74, 6) is 0.250. The predicted molar refractivity (Wildman–Crippen MR) is 189 cm³/mol. The summed E-state index contributed by atoms with van der Waals surface area (Å²) in [6.45, 7) is 9.77. The summed E-state index contributed by atoms with van der Waals surface area (Å²) in [6.07, 6.45) is 2.65. The Balaban J connectivity index is 0.00000627. The van der Waals surface area contributed by atoms with Crippen molar-refractivity contribution in [1.29, 1.82) is 0 Å². The Morgan fingerprint density at radius 3 is 2.26 bits per heavy atom. The molecule has 14 nitrogen and oxygen atoms in total. The van der Waals surface area contributed by atoms with Gasteiger partial charge in [-0.3, -0.25) is 14.3 Å². The molecule has 4 saturated carbocycles. The zero-order chi connectivity index (χ0) is 38.4. The molecule has 0 bridgehead atoms. The molecule has 0 aromatic heterocycles. The van der Waals surface area contributed by atoms with Crippen LogP contribution in [0.5, 0.6) is 0 Å². The Labute approximate surface area is 336 Å². The van der Waals surface area contributed by atoms with Gasteiger partial charge in [-0.15, -0.1) is 0 Å². The van der Waals surface area contributed by atoms with Crippen molar-refractivity contribution in [3.05, 3.63) is 39.9 Å². The molecule has 0 saturated heterocycles. The number of hydrogen-bond donors (Lipinski definition) is 3. The summed E-state index contributed by atoms with van der Waals surface area (Å²) >= 11 is 0. The van der Waals surface area contributed by atoms with E-state index in [0.29, 0.717) is 23.8 Å². The normalized spacial score (nSPS) is 37.3. The summed E-state index contributed by atoms with van der Waals surface area (Å²) in [6, 6.07) is 6.14. The van der Waals surface area contributed by atoms with Gasteiger partial charge in [0, 0.05) is 29.4 Å². The van der Waals surface area contributed by atoms with Crippen molar-refractivity contribution in [3.63, 3.8) is 0 Å². The fraction of sp³-hybridized carbons (Fsp3) is 0.833. The van der Waals surface area contributed by atoms with Crippen LogP contribution < -0.4 is 29.6 Å². The molecule has 296 valence electrons. The van der Waals surface area contributed by atoms with Gasteiger partial charge in [-0.25, -0.2) is 16.8 Å². The molecular weight excluding hydrogens is 742 g/mol. The molecule has 53 heavy (non-hydrogen) atoms. The number of nitro benzene ring substituents is 1. The second kappa shape index (κ2) is 17.0. The molecule has 13 atom stereocenters. The molecule has 0 heterocycles. The average Bonchev–Trinajstić information content (AvgIpc) is 3.42. The molecule has 4 fully saturated rings. The van der Waals surface area contributed by atoms with Crippen molar-refractivity contribution in [2.75, 3.05) is 13.2 Å². The van der Waals surface area contributed by atoms with Crippen molar-refractivity contribution >= 4 is 26.5 Å². The molecule has 4 aliphatic carbocycles. The fourth-order valence-corrected chi connectivity index (χ4v) is 12.5. The standard InChI is InChI=1S/C36H57NO13S2.Na/c1-22(20-48-52(46,47)49-21-24(3)25-11-6-7-12-29(25)37(41)42)9-8-10-23(2)26-13-14-27-32-28(15-17-34(26,27)4)35(5)18-16-31(50-51(43,44)45)33(39)36(35,40)19-30(32)38;/h6-7,11-12,22-24,26-28,30-33,38-40H,8-10,13-21H2,1-5H3,(H,43,44,45);/q;+1/p-1/t22-,23+,24?,26+,27-,28-,30+,31+,32-,33-,34+,35+,36+;/m0./s1. The molecular formula is C36H56NNaO13S2. The number of fused-ring (bicyclic) bond motifs is 5. The predicted octanol–water partition coefficient (Wildman–Crippen LogP) is 1.98. The minimum Gasteiger partial charge on any atom is -0.726 e. The van der Waals surface area contributed by atoms with E-state index in [1.54, 1.807) is 25.1 Å². The molecule has 4 aliphatic rings. The molecule has 0 aliphatic heterocycles. The quantitative estimate of drug-likeness (QED) is 0.0761. The molecule has 5 rings (SSSR count). The summed E-state index contributed by atoms with van der Waals surface area (Å²) in [5, 5.41) is 46.0. The van der Waals surface area contributed by atoms with E-state index in [1.807, 2.05) is 13.8 Å². The first-order valence-electron chi connectivity index (χ1n) is 18.6. The largest absolute Gasteiger partial charge is 1.00 e. The fourth-order valence-electron chi connectivity index (χ4n) is 11.1. The van der Waals surface area contributed by atoms with Crippen LogP contribution in [0.25, 0.3) is 0 Å². The van der Waals surface area contributed by atoms with E-state index >= 15 is 0 Å². The summed E-state index contributed by atoms with van der Waals surface area (Å²) in [5.41, 5.74) is -2.33. The maximum absolute atomic E-state index is 12.5. The van der Waals surface area contributed by atoms with Crippen LogP contribution in [0.1, 0.15) is 110 Å². The van der Waals surface area contributed by atoms with Crippen LogP contribution in [0.4, 0.5) is 5.69 Å². The van der Waals surface area contributed by atoms with E-state index in [9.17, 15) is 46.8 Å². The van der Waals surface area contributed by atoms with Gasteiger partial charge in [0.25, 0.3) is 5.69 Å². The summed E-state index contributed by atoms with van der Waals surface area (Å²) in [7, 11) is -9.38. The zero-order valence-corrected chi connectivity index (χ0v) is 35.4. The second-order valence-electron chi connectivity index (χ2n) is 16.9. The first-order valence-corrected chi connectivity index (χ1v) is 21.3. The second-order valence-corrected chi connectivity index (χ2v) is 19.2. The van der Waals surface area contributed by atoms with Crippen LogP contribution in [-0.4, -0.2) is 78.8 Å². The number of benzene rings is 1. The van der Waals surface area contributed by atoms with Gasteiger partial charge in [0.2, 0.25) is 10.4 Å². The Hall–Kier alpha value is -0.760. The maximum atomic E-state index is 12.5. The summed E-state index contributed by atoms with van der Waals surface area (Å²) < 4.78 is 73.8. The summed E-state index contributed by atoms with van der Waals surface area (Å²) in [4.78, 5) is 10.8. The van der Waals surface area contributed by atoms with Gasteiger partial charge in [-0.05, 0) is 85.9 Å². The van der Waals surface area contributed by atoms with Crippen molar-refractivity contribution in [1.82, 2.24) is 0 Å². The van der Waals surface area contributed by atoms with Gasteiger partial charge in [-0.1, -0.05) is 65.7 Å². The average molecular weight is 798 g/mol. The van der Waals surface area contributed by atoms with E-state index in [-0.39, 0.29) is 90.4 Å². The number of hydrogen-bond acceptors (Lipinski definition) is 13. The SMILES string of the molecule is CC(COS(=O)(=O)OC[C@@H](C)CCC[C@@H](C)[C@H]1CC[C@H]2[C@@H]3[C@H](O)C[C@@]4(O)[C@@H](O)[C@H](OS(=O)(=O)[O-])CC[C@]4(C)[C@H]3CC[C@]12C)c1ccccc1[N+](=O)[O-].[Na+]. The third-order valence-corrected chi connectivity index (χ3v) is 15.2.